The zero-order valence-corrected chi connectivity index (χ0v) is 19.5. The fraction of sp³-hybridized carbons (Fsp3) is 0.409. The van der Waals surface area contributed by atoms with Crippen molar-refractivity contribution in [2.24, 2.45) is 16.5 Å². The fourth-order valence-corrected chi connectivity index (χ4v) is 2.16. The van der Waals surface area contributed by atoms with Gasteiger partial charge in [-0.1, -0.05) is 38.1 Å². The largest absolute Gasteiger partial charge is 0.480 e. The Morgan fingerprint density at radius 1 is 1.30 bits per heavy atom. The summed E-state index contributed by atoms with van der Waals surface area (Å²) in [7, 11) is 3.20. The normalized spacial score (nSPS) is 12.0. The molecule has 0 saturated heterocycles. The van der Waals surface area contributed by atoms with Crippen molar-refractivity contribution in [1.82, 2.24) is 9.97 Å². The first kappa shape index (κ1) is 27.2. The van der Waals surface area contributed by atoms with E-state index in [2.05, 4.69) is 27.3 Å². The third-order valence-electron chi connectivity index (χ3n) is 3.60. The SMILES string of the molecule is C=CN.CC.CN=C(N)OC1CC1.COc1cnc(-c2ccc(Cl)c(C)c2)c(C)n1. The van der Waals surface area contributed by atoms with E-state index in [1.807, 2.05) is 45.9 Å². The first-order valence-electron chi connectivity index (χ1n) is 9.71. The molecule has 1 fully saturated rings. The Morgan fingerprint density at radius 2 is 1.90 bits per heavy atom. The highest BCUT2D eigenvalue weighted by Crippen LogP contribution is 2.25. The minimum atomic E-state index is 0.313. The second-order valence-corrected chi connectivity index (χ2v) is 6.33. The second-order valence-electron chi connectivity index (χ2n) is 5.93. The molecule has 0 amide bonds. The summed E-state index contributed by atoms with van der Waals surface area (Å²) in [5, 5.41) is 0.757. The quantitative estimate of drug-likeness (QED) is 0.536. The predicted octanol–water partition coefficient (Wildman–Crippen LogP) is 4.65. The molecule has 3 rings (SSSR count). The van der Waals surface area contributed by atoms with Gasteiger partial charge in [-0.3, -0.25) is 0 Å². The molecule has 1 saturated carbocycles. The third kappa shape index (κ3) is 10.1. The molecule has 1 aliphatic rings. The Kier molecular flexibility index (Phi) is 13.7. The number of rotatable bonds is 3. The molecule has 1 aliphatic carbocycles. The van der Waals surface area contributed by atoms with E-state index in [1.165, 1.54) is 6.20 Å². The first-order chi connectivity index (χ1) is 14.4. The molecule has 4 N–H and O–H groups in total. The van der Waals surface area contributed by atoms with Gasteiger partial charge < -0.3 is 20.9 Å². The molecule has 0 radical (unpaired) electrons. The molecule has 0 bridgehead atoms. The molecule has 1 aromatic carbocycles. The Balaban J connectivity index is 0.000000539. The molecular weight excluding hydrogens is 402 g/mol. The number of hydrogen-bond donors (Lipinski definition) is 2. The average Bonchev–Trinajstić information content (AvgIpc) is 3.56. The standard InChI is InChI=1S/C13H13ClN2O.C5H10N2O.C2H5N.C2H6/c1-8-6-10(4-5-11(8)14)13-9(2)16-12(17-3)7-15-13;1-7-5(6)8-4-2-3-4;1-2-3;1-2/h4-7H,1-3H3;4H,2-3H2,1H3,(H2,6,7);2H,1,3H2;1-2H3. The van der Waals surface area contributed by atoms with Crippen LogP contribution in [-0.2, 0) is 4.74 Å². The van der Waals surface area contributed by atoms with Gasteiger partial charge in [-0.05, 0) is 50.6 Å². The van der Waals surface area contributed by atoms with Crippen LogP contribution in [0.1, 0.15) is 37.9 Å². The van der Waals surface area contributed by atoms with Gasteiger partial charge >= 0.3 is 0 Å². The van der Waals surface area contributed by atoms with E-state index in [9.17, 15) is 0 Å². The van der Waals surface area contributed by atoms with Crippen LogP contribution >= 0.6 is 11.6 Å². The zero-order chi connectivity index (χ0) is 23.1. The van der Waals surface area contributed by atoms with Crippen molar-refractivity contribution >= 4 is 17.6 Å². The Labute approximate surface area is 185 Å². The maximum Gasteiger partial charge on any atom is 0.281 e. The van der Waals surface area contributed by atoms with Gasteiger partial charge in [-0.2, -0.15) is 0 Å². The summed E-state index contributed by atoms with van der Waals surface area (Å²) in [5.74, 6) is 0.525. The van der Waals surface area contributed by atoms with Crippen LogP contribution in [0.2, 0.25) is 5.02 Å². The number of nitrogens with zero attached hydrogens (tertiary/aromatic N) is 3. The lowest BCUT2D eigenvalue weighted by Gasteiger charge is -2.07. The lowest BCUT2D eigenvalue weighted by Crippen LogP contribution is -2.16. The number of halogens is 1. The first-order valence-corrected chi connectivity index (χ1v) is 10.1. The van der Waals surface area contributed by atoms with Crippen LogP contribution in [0.3, 0.4) is 0 Å². The van der Waals surface area contributed by atoms with Crippen molar-refractivity contribution in [3.05, 3.63) is 53.5 Å². The molecule has 1 aromatic heterocycles. The van der Waals surface area contributed by atoms with Gasteiger partial charge in [0.15, 0.2) is 0 Å². The number of amidine groups is 1. The summed E-state index contributed by atoms with van der Waals surface area (Å²) < 4.78 is 10.1. The topological polar surface area (TPSA) is 109 Å². The summed E-state index contributed by atoms with van der Waals surface area (Å²) in [6.07, 6.45) is 5.51. The summed E-state index contributed by atoms with van der Waals surface area (Å²) in [6, 6.07) is 6.13. The van der Waals surface area contributed by atoms with Crippen molar-refractivity contribution in [1.29, 1.82) is 0 Å². The van der Waals surface area contributed by atoms with Crippen molar-refractivity contribution in [3.63, 3.8) is 0 Å². The van der Waals surface area contributed by atoms with E-state index < -0.39 is 0 Å². The maximum absolute atomic E-state index is 6.00. The lowest BCUT2D eigenvalue weighted by atomic mass is 10.1. The summed E-state index contributed by atoms with van der Waals surface area (Å²) >= 11 is 6.00. The molecule has 0 atom stereocenters. The Hall–Kier alpha value is -2.80. The van der Waals surface area contributed by atoms with Gasteiger partial charge in [0.1, 0.15) is 6.10 Å². The van der Waals surface area contributed by atoms with Gasteiger partial charge in [0.2, 0.25) is 5.88 Å². The highest BCUT2D eigenvalue weighted by atomic mass is 35.5. The Morgan fingerprint density at radius 3 is 2.33 bits per heavy atom. The van der Waals surface area contributed by atoms with Gasteiger partial charge in [0.25, 0.3) is 6.02 Å². The minimum absolute atomic E-state index is 0.313. The molecular formula is C22H34ClN5O2. The highest BCUT2D eigenvalue weighted by molar-refractivity contribution is 6.31. The number of ether oxygens (including phenoxy) is 2. The number of methoxy groups -OCH3 is 1. The molecule has 30 heavy (non-hydrogen) atoms. The van der Waals surface area contributed by atoms with Crippen LogP contribution in [0.5, 0.6) is 5.88 Å². The van der Waals surface area contributed by atoms with Crippen LogP contribution in [-0.4, -0.2) is 36.3 Å². The molecule has 0 unspecified atom stereocenters. The highest BCUT2D eigenvalue weighted by Gasteiger charge is 2.23. The monoisotopic (exact) mass is 435 g/mol. The predicted molar refractivity (Wildman–Crippen MR) is 126 cm³/mol. The van der Waals surface area contributed by atoms with Crippen LogP contribution in [0.4, 0.5) is 0 Å². The van der Waals surface area contributed by atoms with Gasteiger partial charge in [-0.15, -0.1) is 0 Å². The fourth-order valence-electron chi connectivity index (χ4n) is 2.04. The van der Waals surface area contributed by atoms with Crippen LogP contribution in [0, 0.1) is 13.8 Å². The number of aliphatic imine (C=N–C) groups is 1. The van der Waals surface area contributed by atoms with Gasteiger partial charge in [-0.25, -0.2) is 15.0 Å². The summed E-state index contributed by atoms with van der Waals surface area (Å²) in [5.41, 5.74) is 13.6. The maximum atomic E-state index is 6.00. The molecule has 0 aliphatic heterocycles. The van der Waals surface area contributed by atoms with Gasteiger partial charge in [0, 0.05) is 17.6 Å². The van der Waals surface area contributed by atoms with E-state index in [0.717, 1.165) is 40.4 Å². The Bertz CT molecular complexity index is 808. The van der Waals surface area contributed by atoms with E-state index in [-0.39, 0.29) is 0 Å². The number of aryl methyl sites for hydroxylation is 2. The number of benzene rings is 1. The van der Waals surface area contributed by atoms with Crippen LogP contribution < -0.4 is 16.2 Å². The summed E-state index contributed by atoms with van der Waals surface area (Å²) in [6.45, 7) is 11.0. The van der Waals surface area contributed by atoms with Gasteiger partial charge in [0.05, 0.1) is 24.7 Å². The minimum Gasteiger partial charge on any atom is -0.480 e. The number of hydrogen-bond acceptors (Lipinski definition) is 6. The van der Waals surface area contributed by atoms with Crippen molar-refractivity contribution in [2.45, 2.75) is 46.6 Å². The average molecular weight is 436 g/mol. The van der Waals surface area contributed by atoms with Crippen molar-refractivity contribution < 1.29 is 9.47 Å². The van der Waals surface area contributed by atoms with E-state index in [4.69, 9.17) is 26.8 Å². The van der Waals surface area contributed by atoms with Crippen molar-refractivity contribution in [2.75, 3.05) is 14.2 Å². The summed E-state index contributed by atoms with van der Waals surface area (Å²) in [4.78, 5) is 12.3. The lowest BCUT2D eigenvalue weighted by molar-refractivity contribution is 0.284. The smallest absolute Gasteiger partial charge is 0.281 e. The van der Waals surface area contributed by atoms with Crippen LogP contribution in [0.25, 0.3) is 11.3 Å². The third-order valence-corrected chi connectivity index (χ3v) is 4.02. The van der Waals surface area contributed by atoms with E-state index in [0.29, 0.717) is 18.0 Å². The second kappa shape index (κ2) is 15.1. The van der Waals surface area contributed by atoms with Crippen molar-refractivity contribution in [3.8, 4) is 17.1 Å². The van der Waals surface area contributed by atoms with Crippen LogP contribution in [0.15, 0.2) is 42.2 Å². The number of aromatic nitrogens is 2. The zero-order valence-electron chi connectivity index (χ0n) is 18.8. The molecule has 2 aromatic rings. The molecule has 0 spiro atoms. The molecule has 7 nitrogen and oxygen atoms in total. The molecule has 8 heteroatoms. The van der Waals surface area contributed by atoms with E-state index in [1.54, 1.807) is 20.4 Å². The number of nitrogens with two attached hydrogens (primary N) is 2. The molecule has 1 heterocycles. The van der Waals surface area contributed by atoms with E-state index >= 15 is 0 Å². The molecule has 166 valence electrons.